The molecule has 162 valence electrons. The number of sulfonamides is 1. The molecular weight excluding hydrogens is 428 g/mol. The molecule has 1 aliphatic carbocycles. The molecule has 0 radical (unpaired) electrons. The lowest BCUT2D eigenvalue weighted by Gasteiger charge is -2.63. The number of benzene rings is 1. The highest BCUT2D eigenvalue weighted by Crippen LogP contribution is 2.49. The van der Waals surface area contributed by atoms with Crippen LogP contribution >= 0.6 is 11.6 Å². The van der Waals surface area contributed by atoms with E-state index in [1.165, 1.54) is 0 Å². The van der Waals surface area contributed by atoms with Crippen molar-refractivity contribution in [2.75, 3.05) is 18.1 Å². The Bertz CT molecular complexity index is 1090. The Labute approximate surface area is 180 Å². The number of hydrogen-bond donors (Lipinski definition) is 2. The predicted octanol–water partition coefficient (Wildman–Crippen LogP) is 2.46. The summed E-state index contributed by atoms with van der Waals surface area (Å²) in [6.45, 7) is 2.37. The zero-order valence-corrected chi connectivity index (χ0v) is 18.7. The molecule has 3 aliphatic rings. The molecule has 1 saturated carbocycles. The van der Waals surface area contributed by atoms with Crippen LogP contribution in [-0.2, 0) is 17.1 Å². The van der Waals surface area contributed by atoms with E-state index in [9.17, 15) is 13.2 Å². The number of halogens is 1. The number of rotatable bonds is 5. The van der Waals surface area contributed by atoms with Gasteiger partial charge in [0.05, 0.1) is 16.8 Å². The molecule has 2 aromatic rings. The number of amides is 2. The average Bonchev–Trinajstić information content (AvgIpc) is 3.06. The van der Waals surface area contributed by atoms with Crippen molar-refractivity contribution in [1.29, 1.82) is 0 Å². The summed E-state index contributed by atoms with van der Waals surface area (Å²) in [7, 11) is -1.57. The van der Waals surface area contributed by atoms with Crippen molar-refractivity contribution in [2.24, 2.45) is 13.0 Å². The number of carbonyl (C=O) groups excluding carboxylic acids is 1. The Kier molecular flexibility index (Phi) is 5.27. The number of hydrogen-bond acceptors (Lipinski definition) is 5. The first-order valence-corrected chi connectivity index (χ1v) is 12.0. The van der Waals surface area contributed by atoms with Crippen LogP contribution < -0.4 is 10.0 Å². The fraction of sp³-hybridized carbons (Fsp3) is 0.526. The fourth-order valence-electron chi connectivity index (χ4n) is 4.77. The summed E-state index contributed by atoms with van der Waals surface area (Å²) >= 11 is 6.30. The first-order chi connectivity index (χ1) is 14.1. The van der Waals surface area contributed by atoms with Gasteiger partial charge < -0.3 is 10.2 Å². The van der Waals surface area contributed by atoms with Gasteiger partial charge in [-0.2, -0.15) is 5.10 Å². The van der Waals surface area contributed by atoms with Gasteiger partial charge in [-0.25, -0.2) is 22.9 Å². The van der Waals surface area contributed by atoms with Gasteiger partial charge in [-0.1, -0.05) is 18.5 Å². The number of aromatic nitrogens is 3. The van der Waals surface area contributed by atoms with Crippen molar-refractivity contribution >= 4 is 33.3 Å². The van der Waals surface area contributed by atoms with E-state index in [4.69, 9.17) is 11.6 Å². The zero-order chi connectivity index (χ0) is 21.7. The lowest BCUT2D eigenvalue weighted by molar-refractivity contribution is -0.0851. The highest BCUT2D eigenvalue weighted by Gasteiger charge is 2.58. The van der Waals surface area contributed by atoms with Crippen LogP contribution in [0.4, 0.5) is 10.5 Å². The number of anilines is 1. The summed E-state index contributed by atoms with van der Waals surface area (Å²) in [4.78, 5) is 19.2. The Morgan fingerprint density at radius 3 is 2.80 bits per heavy atom. The third-order valence-electron chi connectivity index (χ3n) is 5.83. The van der Waals surface area contributed by atoms with Crippen LogP contribution in [0.5, 0.6) is 0 Å². The Morgan fingerprint density at radius 1 is 1.37 bits per heavy atom. The second kappa shape index (κ2) is 7.51. The Morgan fingerprint density at radius 2 is 2.13 bits per heavy atom. The van der Waals surface area contributed by atoms with Gasteiger partial charge in [0.1, 0.15) is 6.33 Å². The van der Waals surface area contributed by atoms with Crippen LogP contribution in [0, 0.1) is 5.92 Å². The molecular formula is C19H25ClN6O3S. The molecule has 9 nitrogen and oxygen atoms in total. The highest BCUT2D eigenvalue weighted by atomic mass is 35.5. The van der Waals surface area contributed by atoms with E-state index >= 15 is 0 Å². The zero-order valence-electron chi connectivity index (χ0n) is 17.1. The van der Waals surface area contributed by atoms with Crippen molar-refractivity contribution in [3.8, 4) is 11.4 Å². The molecule has 30 heavy (non-hydrogen) atoms. The minimum Gasteiger partial charge on any atom is -0.314 e. The van der Waals surface area contributed by atoms with Crippen LogP contribution in [-0.4, -0.2) is 58.5 Å². The topological polar surface area (TPSA) is 109 Å². The van der Waals surface area contributed by atoms with Crippen molar-refractivity contribution < 1.29 is 13.2 Å². The minimum atomic E-state index is -3.34. The van der Waals surface area contributed by atoms with E-state index in [0.717, 1.165) is 25.5 Å². The number of aryl methyl sites for hydroxylation is 1. The lowest BCUT2D eigenvalue weighted by Crippen LogP contribution is -2.75. The molecule has 3 heterocycles. The third-order valence-corrected chi connectivity index (χ3v) is 6.83. The first kappa shape index (κ1) is 21.1. The summed E-state index contributed by atoms with van der Waals surface area (Å²) in [6.07, 6.45) is 5.20. The lowest BCUT2D eigenvalue weighted by atomic mass is 9.64. The van der Waals surface area contributed by atoms with Crippen LogP contribution in [0.2, 0.25) is 5.02 Å². The summed E-state index contributed by atoms with van der Waals surface area (Å²) in [5.74, 6) is 0.911. The maximum Gasteiger partial charge on any atom is 0.322 e. The maximum atomic E-state index is 13.2. The van der Waals surface area contributed by atoms with Gasteiger partial charge >= 0.3 is 6.03 Å². The van der Waals surface area contributed by atoms with Gasteiger partial charge in [0.25, 0.3) is 0 Å². The maximum absolute atomic E-state index is 13.2. The largest absolute Gasteiger partial charge is 0.322 e. The Balaban J connectivity index is 1.54. The molecule has 2 bridgehead atoms. The number of carbonyl (C=O) groups is 1. The van der Waals surface area contributed by atoms with Crippen molar-refractivity contribution in [3.05, 3.63) is 29.5 Å². The molecule has 11 heteroatoms. The van der Waals surface area contributed by atoms with E-state index in [-0.39, 0.29) is 18.6 Å². The molecule has 3 atom stereocenters. The fourth-order valence-corrected chi connectivity index (χ4v) is 5.50. The van der Waals surface area contributed by atoms with Crippen LogP contribution in [0.15, 0.2) is 24.5 Å². The van der Waals surface area contributed by atoms with Gasteiger partial charge in [0.15, 0.2) is 5.82 Å². The van der Waals surface area contributed by atoms with Crippen molar-refractivity contribution in [2.45, 2.75) is 37.8 Å². The van der Waals surface area contributed by atoms with E-state index in [1.54, 1.807) is 41.2 Å². The number of fused-ring (bicyclic) bond motifs is 2. The van der Waals surface area contributed by atoms with Gasteiger partial charge in [0.2, 0.25) is 10.0 Å². The molecule has 5 rings (SSSR count). The predicted molar refractivity (Wildman–Crippen MR) is 115 cm³/mol. The molecule has 2 saturated heterocycles. The number of piperidine rings is 1. The van der Waals surface area contributed by atoms with Crippen molar-refractivity contribution in [1.82, 2.24) is 24.4 Å². The molecule has 2 aliphatic heterocycles. The van der Waals surface area contributed by atoms with Gasteiger partial charge in [-0.15, -0.1) is 0 Å². The van der Waals surface area contributed by atoms with Crippen LogP contribution in [0.1, 0.15) is 26.2 Å². The van der Waals surface area contributed by atoms with E-state index in [2.05, 4.69) is 27.0 Å². The molecule has 0 spiro atoms. The first-order valence-electron chi connectivity index (χ1n) is 9.77. The summed E-state index contributed by atoms with van der Waals surface area (Å²) in [6, 6.07) is 5.04. The highest BCUT2D eigenvalue weighted by molar-refractivity contribution is 7.88. The minimum absolute atomic E-state index is 0.110. The van der Waals surface area contributed by atoms with Crippen LogP contribution in [0.3, 0.4) is 0 Å². The number of nitrogens with zero attached hydrogens (tertiary/aromatic N) is 4. The quantitative estimate of drug-likeness (QED) is 0.724. The summed E-state index contributed by atoms with van der Waals surface area (Å²) < 4.78 is 27.4. The standard InChI is InChI=1S/C19H25ClN6O3S/c1-12-6-14-9-19(8-12,10-22-30(3,28)29)26(14)18(27)23-13-4-5-16(20)15(7-13)17-21-11-25(2)24-17/h4-5,7,11-12,14,22H,6,8-10H2,1-3H3,(H,23,27)/t12-,14+,19-/m1/s1. The second-order valence-electron chi connectivity index (χ2n) is 8.46. The molecule has 2 N–H and O–H groups in total. The molecule has 2 amide bonds. The van der Waals surface area contributed by atoms with Gasteiger partial charge in [0, 0.05) is 30.9 Å². The second-order valence-corrected chi connectivity index (χ2v) is 10.7. The molecule has 3 fully saturated rings. The molecule has 1 aromatic carbocycles. The normalized spacial score (nSPS) is 25.7. The monoisotopic (exact) mass is 452 g/mol. The van der Waals surface area contributed by atoms with Gasteiger partial charge in [-0.05, 0) is 43.4 Å². The van der Waals surface area contributed by atoms with Crippen molar-refractivity contribution in [3.63, 3.8) is 0 Å². The molecule has 0 unspecified atom stereocenters. The number of urea groups is 1. The SMILES string of the molecule is C[C@@H]1C[C@H]2C[C@@](CNS(C)(=O)=O)(C1)N2C(=O)Nc1ccc(Cl)c(-c2ncn(C)n2)c1. The smallest absolute Gasteiger partial charge is 0.314 e. The van der Waals surface area contributed by atoms with E-state index in [0.29, 0.717) is 28.0 Å². The molecule has 1 aromatic heterocycles. The van der Waals surface area contributed by atoms with Crippen LogP contribution in [0.25, 0.3) is 11.4 Å². The average molecular weight is 453 g/mol. The third kappa shape index (κ3) is 4.03. The van der Waals surface area contributed by atoms with E-state index < -0.39 is 15.6 Å². The summed E-state index contributed by atoms with van der Waals surface area (Å²) in [5.41, 5.74) is 0.713. The number of nitrogens with one attached hydrogen (secondary N) is 2. The van der Waals surface area contributed by atoms with E-state index in [1.807, 2.05) is 0 Å². The summed E-state index contributed by atoms with van der Waals surface area (Å²) in [5, 5.41) is 7.70. The van der Waals surface area contributed by atoms with Gasteiger partial charge in [-0.3, -0.25) is 4.68 Å². The Hall–Kier alpha value is -2.17.